The number of rotatable bonds is 8. The van der Waals surface area contributed by atoms with Crippen LogP contribution in [-0.4, -0.2) is 49.7 Å². The van der Waals surface area contributed by atoms with Crippen molar-refractivity contribution < 1.29 is 19.1 Å². The summed E-state index contributed by atoms with van der Waals surface area (Å²) in [7, 11) is 5.03. The third kappa shape index (κ3) is 4.03. The van der Waals surface area contributed by atoms with Crippen LogP contribution in [0.4, 0.5) is 4.79 Å². The van der Waals surface area contributed by atoms with Gasteiger partial charge in [0.05, 0.1) is 20.9 Å². The minimum absolute atomic E-state index is 0.118. The highest BCUT2D eigenvalue weighted by atomic mass is 16.5. The number of imide groups is 1. The molecule has 1 aliphatic rings. The maximum Gasteiger partial charge on any atom is 0.326 e. The molecule has 1 aliphatic heterocycles. The lowest BCUT2D eigenvalue weighted by molar-refractivity contribution is -0.131. The summed E-state index contributed by atoms with van der Waals surface area (Å²) in [6, 6.07) is 23.9. The molecule has 1 fully saturated rings. The van der Waals surface area contributed by atoms with Gasteiger partial charge in [-0.2, -0.15) is 0 Å². The van der Waals surface area contributed by atoms with Crippen molar-refractivity contribution in [2.24, 2.45) is 0 Å². The van der Waals surface area contributed by atoms with E-state index < -0.39 is 11.6 Å². The van der Waals surface area contributed by atoms with Crippen LogP contribution in [0.25, 0.3) is 0 Å². The van der Waals surface area contributed by atoms with Crippen molar-refractivity contribution in [1.82, 2.24) is 15.1 Å². The number of hydrogen-bond acceptors (Lipinski definition) is 5. The van der Waals surface area contributed by atoms with Gasteiger partial charge >= 0.3 is 6.03 Å². The molecule has 0 atom stereocenters. The van der Waals surface area contributed by atoms with Crippen LogP contribution in [0.3, 0.4) is 0 Å². The second-order valence-corrected chi connectivity index (χ2v) is 7.95. The van der Waals surface area contributed by atoms with Gasteiger partial charge in [0.25, 0.3) is 5.91 Å². The van der Waals surface area contributed by atoms with Gasteiger partial charge in [-0.1, -0.05) is 72.8 Å². The molecule has 1 heterocycles. The van der Waals surface area contributed by atoms with Gasteiger partial charge in [0.2, 0.25) is 0 Å². The van der Waals surface area contributed by atoms with E-state index in [1.165, 1.54) is 4.90 Å². The first-order valence-electron chi connectivity index (χ1n) is 10.6. The van der Waals surface area contributed by atoms with E-state index in [2.05, 4.69) is 5.32 Å². The van der Waals surface area contributed by atoms with Crippen LogP contribution in [-0.2, 0) is 16.9 Å². The zero-order valence-corrected chi connectivity index (χ0v) is 18.9. The summed E-state index contributed by atoms with van der Waals surface area (Å²) < 4.78 is 10.9. The summed E-state index contributed by atoms with van der Waals surface area (Å²) in [4.78, 5) is 30.0. The zero-order valence-electron chi connectivity index (χ0n) is 18.9. The molecule has 3 amide bonds. The molecule has 0 bridgehead atoms. The van der Waals surface area contributed by atoms with Gasteiger partial charge < -0.3 is 14.8 Å². The Morgan fingerprint density at radius 2 is 1.45 bits per heavy atom. The molecule has 3 aromatic carbocycles. The van der Waals surface area contributed by atoms with Gasteiger partial charge in [-0.15, -0.1) is 0 Å². The van der Waals surface area contributed by atoms with Gasteiger partial charge in [0.15, 0.2) is 17.0 Å². The van der Waals surface area contributed by atoms with E-state index in [0.717, 1.165) is 5.56 Å². The normalized spacial score (nSPS) is 15.0. The lowest BCUT2D eigenvalue weighted by atomic mass is 9.83. The predicted molar refractivity (Wildman–Crippen MR) is 125 cm³/mol. The van der Waals surface area contributed by atoms with Crippen molar-refractivity contribution in [2.75, 3.05) is 27.9 Å². The molecule has 0 spiro atoms. The Labute approximate surface area is 193 Å². The summed E-state index contributed by atoms with van der Waals surface area (Å²) in [5, 5.41) is 2.98. The minimum Gasteiger partial charge on any atom is -0.493 e. The molecule has 7 nitrogen and oxygen atoms in total. The van der Waals surface area contributed by atoms with Crippen LogP contribution >= 0.6 is 0 Å². The minimum atomic E-state index is -1.27. The van der Waals surface area contributed by atoms with E-state index in [-0.39, 0.29) is 12.6 Å². The highest BCUT2D eigenvalue weighted by molar-refractivity contribution is 6.09. The topological polar surface area (TPSA) is 71.1 Å². The van der Waals surface area contributed by atoms with Gasteiger partial charge in [-0.25, -0.2) is 9.69 Å². The Bertz CT molecular complexity index is 1100. The molecule has 0 aliphatic carbocycles. The maximum absolute atomic E-state index is 13.8. The SMILES string of the molecule is COc1cccc(CN(C)CN2C(=O)NC(c3ccccc3)(c3ccccc3)C2=O)c1OC. The lowest BCUT2D eigenvalue weighted by Crippen LogP contribution is -2.46. The molecular formula is C26H27N3O4. The Morgan fingerprint density at radius 3 is 2.00 bits per heavy atom. The van der Waals surface area contributed by atoms with Crippen molar-refractivity contribution >= 4 is 11.9 Å². The molecule has 0 saturated carbocycles. The van der Waals surface area contributed by atoms with E-state index in [1.54, 1.807) is 14.2 Å². The zero-order chi connectivity index (χ0) is 23.4. The monoisotopic (exact) mass is 445 g/mol. The average Bonchev–Trinajstić information content (AvgIpc) is 3.10. The second kappa shape index (κ2) is 9.34. The third-order valence-corrected chi connectivity index (χ3v) is 5.83. The Hall–Kier alpha value is -3.84. The Kier molecular flexibility index (Phi) is 6.33. The summed E-state index contributed by atoms with van der Waals surface area (Å²) in [5.41, 5.74) is 1.06. The van der Waals surface area contributed by atoms with Crippen molar-refractivity contribution in [3.8, 4) is 11.5 Å². The third-order valence-electron chi connectivity index (χ3n) is 5.83. The fraction of sp³-hybridized carbons (Fsp3) is 0.231. The number of carbonyl (C=O) groups excluding carboxylic acids is 2. The fourth-order valence-corrected chi connectivity index (χ4v) is 4.30. The van der Waals surface area contributed by atoms with Crippen LogP contribution in [0.15, 0.2) is 78.9 Å². The van der Waals surface area contributed by atoms with E-state index in [0.29, 0.717) is 29.2 Å². The predicted octanol–water partition coefficient (Wildman–Crippen LogP) is 3.59. The molecule has 4 rings (SSSR count). The highest BCUT2D eigenvalue weighted by Crippen LogP contribution is 2.36. The molecule has 3 aromatic rings. The highest BCUT2D eigenvalue weighted by Gasteiger charge is 2.53. The van der Waals surface area contributed by atoms with Crippen LogP contribution in [0, 0.1) is 0 Å². The van der Waals surface area contributed by atoms with Crippen molar-refractivity contribution in [3.63, 3.8) is 0 Å². The first-order valence-corrected chi connectivity index (χ1v) is 10.6. The molecule has 1 saturated heterocycles. The summed E-state index contributed by atoms with van der Waals surface area (Å²) in [5.74, 6) is 0.951. The standard InChI is InChI=1S/C26H27N3O4/c1-28(17-19-11-10-16-22(32-2)23(19)33-3)18-29-24(30)26(27-25(29)31,20-12-6-4-7-13-20)21-14-8-5-9-15-21/h4-16H,17-18H2,1-3H3,(H,27,31). The molecule has 1 N–H and O–H groups in total. The van der Waals surface area contributed by atoms with Crippen molar-refractivity contribution in [1.29, 1.82) is 0 Å². The molecule has 0 unspecified atom stereocenters. The van der Waals surface area contributed by atoms with Gasteiger partial charge in [0.1, 0.15) is 0 Å². The van der Waals surface area contributed by atoms with Crippen molar-refractivity contribution in [3.05, 3.63) is 95.6 Å². The van der Waals surface area contributed by atoms with E-state index in [9.17, 15) is 9.59 Å². The van der Waals surface area contributed by atoms with E-state index >= 15 is 0 Å². The largest absolute Gasteiger partial charge is 0.493 e. The molecule has 0 radical (unpaired) electrons. The number of urea groups is 1. The van der Waals surface area contributed by atoms with Crippen LogP contribution < -0.4 is 14.8 Å². The molecule has 33 heavy (non-hydrogen) atoms. The van der Waals surface area contributed by atoms with Crippen LogP contribution in [0.5, 0.6) is 11.5 Å². The number of carbonyl (C=O) groups is 2. The Morgan fingerprint density at radius 1 is 0.848 bits per heavy atom. The first-order chi connectivity index (χ1) is 16.0. The second-order valence-electron chi connectivity index (χ2n) is 7.95. The maximum atomic E-state index is 13.8. The lowest BCUT2D eigenvalue weighted by Gasteiger charge is -2.29. The van der Waals surface area contributed by atoms with E-state index in [1.807, 2.05) is 90.8 Å². The van der Waals surface area contributed by atoms with Gasteiger partial charge in [0, 0.05) is 12.1 Å². The number of benzene rings is 3. The first kappa shape index (κ1) is 22.4. The summed E-state index contributed by atoms with van der Waals surface area (Å²) >= 11 is 0. The van der Waals surface area contributed by atoms with Gasteiger partial charge in [-0.05, 0) is 24.2 Å². The molecular weight excluding hydrogens is 418 g/mol. The number of methoxy groups -OCH3 is 2. The summed E-state index contributed by atoms with van der Waals surface area (Å²) in [6.45, 7) is 0.577. The number of nitrogens with one attached hydrogen (secondary N) is 1. The smallest absolute Gasteiger partial charge is 0.326 e. The average molecular weight is 446 g/mol. The van der Waals surface area contributed by atoms with Crippen LogP contribution in [0.2, 0.25) is 0 Å². The summed E-state index contributed by atoms with van der Waals surface area (Å²) in [6.07, 6.45) is 0. The number of hydrogen-bond donors (Lipinski definition) is 1. The molecule has 7 heteroatoms. The number of para-hydroxylation sites is 1. The molecule has 0 aromatic heterocycles. The van der Waals surface area contributed by atoms with Crippen molar-refractivity contribution in [2.45, 2.75) is 12.1 Å². The van der Waals surface area contributed by atoms with Gasteiger partial charge in [-0.3, -0.25) is 9.69 Å². The number of amides is 3. The van der Waals surface area contributed by atoms with Crippen LogP contribution in [0.1, 0.15) is 16.7 Å². The number of nitrogens with zero attached hydrogens (tertiary/aromatic N) is 2. The number of ether oxygens (including phenoxy) is 2. The molecule has 170 valence electrons. The quantitative estimate of drug-likeness (QED) is 0.537. The Balaban J connectivity index is 1.63. The fourth-order valence-electron chi connectivity index (χ4n) is 4.30. The van der Waals surface area contributed by atoms with E-state index in [4.69, 9.17) is 9.47 Å².